The van der Waals surface area contributed by atoms with Crippen molar-refractivity contribution in [3.05, 3.63) is 29.6 Å². The van der Waals surface area contributed by atoms with Crippen molar-refractivity contribution in [3.8, 4) is 11.8 Å². The number of hydrogen-bond donors (Lipinski definition) is 1. The zero-order valence-corrected chi connectivity index (χ0v) is 10.6. The summed E-state index contributed by atoms with van der Waals surface area (Å²) in [6, 6.07) is 3.93. The minimum Gasteiger partial charge on any atom is -0.395 e. The highest BCUT2D eigenvalue weighted by Crippen LogP contribution is 2.20. The number of rotatable bonds is 2. The fraction of sp³-hybridized carbons (Fsp3) is 0.286. The van der Waals surface area contributed by atoms with Crippen LogP contribution in [0.15, 0.2) is 18.2 Å². The Labute approximate surface area is 115 Å². The fourth-order valence-corrected chi connectivity index (χ4v) is 1.74. The van der Waals surface area contributed by atoms with Gasteiger partial charge in [-0.1, -0.05) is 11.8 Å². The van der Waals surface area contributed by atoms with Gasteiger partial charge in [-0.05, 0) is 18.2 Å². The zero-order chi connectivity index (χ0) is 14.5. The molecule has 2 amide bonds. The van der Waals surface area contributed by atoms with Crippen molar-refractivity contribution in [1.82, 2.24) is 0 Å². The molecule has 0 bridgehead atoms. The molecule has 0 atom stereocenters. The Morgan fingerprint density at radius 2 is 2.00 bits per heavy atom. The first-order valence-corrected chi connectivity index (χ1v) is 5.96. The normalized spacial score (nSPS) is 15.0. The Bertz CT molecular complexity index is 587. The molecule has 1 aliphatic heterocycles. The number of ether oxygens (including phenoxy) is 1. The van der Waals surface area contributed by atoms with Crippen molar-refractivity contribution in [2.45, 2.75) is 6.42 Å². The third-order valence-corrected chi connectivity index (χ3v) is 2.62. The molecule has 1 aliphatic rings. The highest BCUT2D eigenvalue weighted by atomic mass is 19.1. The van der Waals surface area contributed by atoms with Gasteiger partial charge in [-0.3, -0.25) is 9.59 Å². The largest absolute Gasteiger partial charge is 0.395 e. The van der Waals surface area contributed by atoms with E-state index < -0.39 is 17.6 Å². The van der Waals surface area contributed by atoms with Crippen LogP contribution in [0.3, 0.4) is 0 Å². The standard InChI is InChI=1S/C14H12FNO4/c15-12-7-11(5-4-10(12)3-1-2-6-17)16-13(18)8-20-9-14(16)19/h4-5,7,17H,2,6,8-9H2. The molecule has 0 unspecified atom stereocenters. The summed E-state index contributed by atoms with van der Waals surface area (Å²) in [4.78, 5) is 24.1. The second-order valence-electron chi connectivity index (χ2n) is 4.06. The molecule has 5 nitrogen and oxygen atoms in total. The Morgan fingerprint density at radius 3 is 2.60 bits per heavy atom. The van der Waals surface area contributed by atoms with Gasteiger partial charge in [0.2, 0.25) is 0 Å². The summed E-state index contributed by atoms with van der Waals surface area (Å²) in [7, 11) is 0. The number of amides is 2. The molecule has 1 heterocycles. The van der Waals surface area contributed by atoms with Crippen LogP contribution >= 0.6 is 0 Å². The smallest absolute Gasteiger partial charge is 0.259 e. The maximum atomic E-state index is 13.8. The average Bonchev–Trinajstić information content (AvgIpc) is 2.41. The number of anilines is 1. The second-order valence-corrected chi connectivity index (χ2v) is 4.06. The van der Waals surface area contributed by atoms with Gasteiger partial charge in [-0.25, -0.2) is 9.29 Å². The lowest BCUT2D eigenvalue weighted by atomic mass is 10.1. The highest BCUT2D eigenvalue weighted by Gasteiger charge is 2.28. The number of benzene rings is 1. The van der Waals surface area contributed by atoms with Crippen LogP contribution < -0.4 is 4.90 Å². The summed E-state index contributed by atoms with van der Waals surface area (Å²) < 4.78 is 18.6. The van der Waals surface area contributed by atoms with Crippen molar-refractivity contribution >= 4 is 17.5 Å². The molecule has 0 aromatic heterocycles. The van der Waals surface area contributed by atoms with E-state index >= 15 is 0 Å². The lowest BCUT2D eigenvalue weighted by Crippen LogP contribution is -2.46. The molecular formula is C14H12FNO4. The highest BCUT2D eigenvalue weighted by molar-refractivity contribution is 6.17. The van der Waals surface area contributed by atoms with Crippen LogP contribution in [0.5, 0.6) is 0 Å². The molecular weight excluding hydrogens is 265 g/mol. The monoisotopic (exact) mass is 277 g/mol. The van der Waals surface area contributed by atoms with Crippen molar-refractivity contribution in [2.75, 3.05) is 24.7 Å². The van der Waals surface area contributed by atoms with Gasteiger partial charge >= 0.3 is 0 Å². The number of nitrogens with zero attached hydrogens (tertiary/aromatic N) is 1. The molecule has 1 saturated heterocycles. The van der Waals surface area contributed by atoms with Crippen molar-refractivity contribution in [1.29, 1.82) is 0 Å². The number of aliphatic hydroxyl groups is 1. The van der Waals surface area contributed by atoms with Crippen LogP contribution in [0.4, 0.5) is 10.1 Å². The van der Waals surface area contributed by atoms with Crippen LogP contribution in [-0.2, 0) is 14.3 Å². The molecule has 1 fully saturated rings. The molecule has 0 radical (unpaired) electrons. The van der Waals surface area contributed by atoms with Gasteiger partial charge in [0, 0.05) is 6.42 Å². The zero-order valence-electron chi connectivity index (χ0n) is 10.6. The first-order valence-electron chi connectivity index (χ1n) is 5.96. The molecule has 0 spiro atoms. The Kier molecular flexibility index (Phi) is 4.45. The topological polar surface area (TPSA) is 66.8 Å². The summed E-state index contributed by atoms with van der Waals surface area (Å²) >= 11 is 0. The first-order chi connectivity index (χ1) is 9.63. The number of aliphatic hydroxyl groups excluding tert-OH is 1. The third-order valence-electron chi connectivity index (χ3n) is 2.62. The van der Waals surface area contributed by atoms with E-state index in [9.17, 15) is 14.0 Å². The average molecular weight is 277 g/mol. The first kappa shape index (κ1) is 14.2. The third kappa shape index (κ3) is 3.02. The number of imide groups is 1. The summed E-state index contributed by atoms with van der Waals surface area (Å²) in [5.41, 5.74) is 0.309. The molecule has 1 aromatic rings. The molecule has 1 aromatic carbocycles. The van der Waals surface area contributed by atoms with Gasteiger partial charge in [-0.15, -0.1) is 0 Å². The minimum absolute atomic E-state index is 0.0938. The van der Waals surface area contributed by atoms with Gasteiger partial charge < -0.3 is 9.84 Å². The molecule has 6 heteroatoms. The SMILES string of the molecule is O=C1COCC(=O)N1c1ccc(C#CCCO)c(F)c1. The van der Waals surface area contributed by atoms with E-state index in [0.29, 0.717) is 0 Å². The van der Waals surface area contributed by atoms with Gasteiger partial charge in [0.15, 0.2) is 0 Å². The summed E-state index contributed by atoms with van der Waals surface area (Å²) in [5.74, 6) is 3.49. The van der Waals surface area contributed by atoms with E-state index in [-0.39, 0.29) is 37.5 Å². The van der Waals surface area contributed by atoms with Crippen molar-refractivity contribution in [3.63, 3.8) is 0 Å². The van der Waals surface area contributed by atoms with E-state index in [2.05, 4.69) is 11.8 Å². The quantitative estimate of drug-likeness (QED) is 0.629. The summed E-state index contributed by atoms with van der Waals surface area (Å²) in [5, 5.41) is 8.60. The van der Waals surface area contributed by atoms with Gasteiger partial charge in [0.1, 0.15) is 19.0 Å². The van der Waals surface area contributed by atoms with Gasteiger partial charge in [-0.2, -0.15) is 0 Å². The summed E-state index contributed by atoms with van der Waals surface area (Å²) in [6.07, 6.45) is 0.252. The van der Waals surface area contributed by atoms with Crippen molar-refractivity contribution < 1.29 is 23.8 Å². The number of morpholine rings is 1. The number of halogens is 1. The van der Waals surface area contributed by atoms with Crippen LogP contribution in [-0.4, -0.2) is 36.7 Å². The van der Waals surface area contributed by atoms with E-state index in [1.54, 1.807) is 0 Å². The Morgan fingerprint density at radius 1 is 1.30 bits per heavy atom. The van der Waals surface area contributed by atoms with Gasteiger partial charge in [0.25, 0.3) is 11.8 Å². The predicted molar refractivity (Wildman–Crippen MR) is 68.3 cm³/mol. The van der Waals surface area contributed by atoms with Crippen LogP contribution in [0.1, 0.15) is 12.0 Å². The number of carbonyl (C=O) groups is 2. The van der Waals surface area contributed by atoms with Crippen LogP contribution in [0.25, 0.3) is 0 Å². The lowest BCUT2D eigenvalue weighted by Gasteiger charge is -2.24. The second kappa shape index (κ2) is 6.28. The van der Waals surface area contributed by atoms with Crippen molar-refractivity contribution in [2.24, 2.45) is 0 Å². The van der Waals surface area contributed by atoms with E-state index in [4.69, 9.17) is 9.84 Å². The molecule has 0 aliphatic carbocycles. The fourth-order valence-electron chi connectivity index (χ4n) is 1.74. The van der Waals surface area contributed by atoms with Gasteiger partial charge in [0.05, 0.1) is 17.9 Å². The summed E-state index contributed by atoms with van der Waals surface area (Å²) in [6.45, 7) is -0.500. The van der Waals surface area contributed by atoms with E-state index in [0.717, 1.165) is 11.0 Å². The lowest BCUT2D eigenvalue weighted by molar-refractivity contribution is -0.138. The molecule has 1 N–H and O–H groups in total. The molecule has 2 rings (SSSR count). The van der Waals surface area contributed by atoms with Crippen LogP contribution in [0.2, 0.25) is 0 Å². The minimum atomic E-state index is -0.625. The van der Waals surface area contributed by atoms with E-state index in [1.807, 2.05) is 0 Å². The molecule has 0 saturated carbocycles. The predicted octanol–water partition coefficient (Wildman–Crippen LogP) is 0.449. The Hall–Kier alpha value is -2.23. The number of hydrogen-bond acceptors (Lipinski definition) is 4. The van der Waals surface area contributed by atoms with Crippen LogP contribution in [0, 0.1) is 17.7 Å². The molecule has 104 valence electrons. The molecule has 20 heavy (non-hydrogen) atoms. The number of carbonyl (C=O) groups excluding carboxylic acids is 2. The maximum Gasteiger partial charge on any atom is 0.259 e. The maximum absolute atomic E-state index is 13.8. The Balaban J connectivity index is 2.27. The van der Waals surface area contributed by atoms with E-state index in [1.165, 1.54) is 12.1 Å².